The maximum absolute atomic E-state index is 13.9. The first-order valence-corrected chi connectivity index (χ1v) is 6.94. The molecule has 0 radical (unpaired) electrons. The Morgan fingerprint density at radius 2 is 2.09 bits per heavy atom. The number of nitrogens with zero attached hydrogens (tertiary/aromatic N) is 1. The molecule has 0 amide bonds. The number of anilines is 1. The van der Waals surface area contributed by atoms with E-state index in [1.54, 1.807) is 0 Å². The SMILES string of the molecule is CCOc1cccc(C(C)Nc2ccc([N+](=O)[O-])cc2F)c1. The molecule has 0 bridgehead atoms. The van der Waals surface area contributed by atoms with Crippen LogP contribution >= 0.6 is 0 Å². The topological polar surface area (TPSA) is 64.4 Å². The lowest BCUT2D eigenvalue weighted by Gasteiger charge is -2.17. The van der Waals surface area contributed by atoms with E-state index in [4.69, 9.17) is 4.74 Å². The number of rotatable bonds is 6. The molecule has 0 aromatic heterocycles. The Bertz CT molecular complexity index is 676. The summed E-state index contributed by atoms with van der Waals surface area (Å²) in [5.41, 5.74) is 0.887. The molecule has 2 rings (SSSR count). The van der Waals surface area contributed by atoms with Crippen LogP contribution in [0.4, 0.5) is 15.8 Å². The molecule has 6 heteroatoms. The van der Waals surface area contributed by atoms with Crippen molar-refractivity contribution < 1.29 is 14.1 Å². The van der Waals surface area contributed by atoms with E-state index in [0.717, 1.165) is 17.4 Å². The summed E-state index contributed by atoms with van der Waals surface area (Å²) in [5.74, 6) is 0.0971. The van der Waals surface area contributed by atoms with Crippen LogP contribution in [0.3, 0.4) is 0 Å². The molecule has 1 N–H and O–H groups in total. The van der Waals surface area contributed by atoms with Gasteiger partial charge in [0.1, 0.15) is 5.75 Å². The van der Waals surface area contributed by atoms with Gasteiger partial charge in [-0.2, -0.15) is 0 Å². The Hall–Kier alpha value is -2.63. The molecular weight excluding hydrogens is 287 g/mol. The van der Waals surface area contributed by atoms with Crippen molar-refractivity contribution in [1.82, 2.24) is 0 Å². The molecule has 1 unspecified atom stereocenters. The largest absolute Gasteiger partial charge is 0.494 e. The lowest BCUT2D eigenvalue weighted by atomic mass is 10.1. The molecule has 2 aromatic carbocycles. The van der Waals surface area contributed by atoms with Crippen LogP contribution in [0, 0.1) is 15.9 Å². The summed E-state index contributed by atoms with van der Waals surface area (Å²) in [5, 5.41) is 13.6. The molecular formula is C16H17FN2O3. The molecule has 0 saturated heterocycles. The first kappa shape index (κ1) is 15.8. The maximum Gasteiger partial charge on any atom is 0.272 e. The Kier molecular flexibility index (Phi) is 4.93. The average molecular weight is 304 g/mol. The third-order valence-corrected chi connectivity index (χ3v) is 3.20. The summed E-state index contributed by atoms with van der Waals surface area (Å²) in [6.07, 6.45) is 0. The second-order valence-corrected chi connectivity index (χ2v) is 4.79. The number of nitro groups is 1. The van der Waals surface area contributed by atoms with Gasteiger partial charge in [-0.1, -0.05) is 12.1 Å². The molecule has 0 fully saturated rings. The summed E-state index contributed by atoms with van der Waals surface area (Å²) in [4.78, 5) is 9.99. The van der Waals surface area contributed by atoms with Crippen molar-refractivity contribution in [1.29, 1.82) is 0 Å². The van der Waals surface area contributed by atoms with Gasteiger partial charge in [0.05, 0.1) is 23.3 Å². The predicted molar refractivity (Wildman–Crippen MR) is 82.7 cm³/mol. The Morgan fingerprint density at radius 3 is 2.73 bits per heavy atom. The highest BCUT2D eigenvalue weighted by molar-refractivity contribution is 5.51. The van der Waals surface area contributed by atoms with E-state index in [9.17, 15) is 14.5 Å². The second-order valence-electron chi connectivity index (χ2n) is 4.79. The van der Waals surface area contributed by atoms with E-state index in [-0.39, 0.29) is 17.4 Å². The van der Waals surface area contributed by atoms with Crippen LogP contribution in [0.5, 0.6) is 5.75 Å². The van der Waals surface area contributed by atoms with Gasteiger partial charge in [0.2, 0.25) is 0 Å². The van der Waals surface area contributed by atoms with Crippen LogP contribution in [0.1, 0.15) is 25.5 Å². The Labute approximate surface area is 127 Å². The van der Waals surface area contributed by atoms with Crippen molar-refractivity contribution in [2.75, 3.05) is 11.9 Å². The van der Waals surface area contributed by atoms with Crippen molar-refractivity contribution >= 4 is 11.4 Å². The van der Waals surface area contributed by atoms with E-state index < -0.39 is 10.7 Å². The fourth-order valence-electron chi connectivity index (χ4n) is 2.09. The van der Waals surface area contributed by atoms with Gasteiger partial charge in [0, 0.05) is 12.1 Å². The molecule has 0 aliphatic heterocycles. The van der Waals surface area contributed by atoms with Gasteiger partial charge in [-0.25, -0.2) is 4.39 Å². The van der Waals surface area contributed by atoms with Crippen molar-refractivity contribution in [3.05, 3.63) is 64.0 Å². The summed E-state index contributed by atoms with van der Waals surface area (Å²) in [6.45, 7) is 4.36. The van der Waals surface area contributed by atoms with Gasteiger partial charge >= 0.3 is 0 Å². The zero-order valence-electron chi connectivity index (χ0n) is 12.4. The van der Waals surface area contributed by atoms with Crippen LogP contribution in [0.25, 0.3) is 0 Å². The van der Waals surface area contributed by atoms with Crippen LogP contribution in [0.15, 0.2) is 42.5 Å². The van der Waals surface area contributed by atoms with Crippen LogP contribution in [0.2, 0.25) is 0 Å². The number of nitro benzene ring substituents is 1. The number of hydrogen-bond donors (Lipinski definition) is 1. The lowest BCUT2D eigenvalue weighted by Crippen LogP contribution is -2.08. The highest BCUT2D eigenvalue weighted by Crippen LogP contribution is 2.26. The lowest BCUT2D eigenvalue weighted by molar-refractivity contribution is -0.385. The number of halogens is 1. The molecule has 0 saturated carbocycles. The predicted octanol–water partition coefficient (Wildman–Crippen LogP) is 4.31. The highest BCUT2D eigenvalue weighted by Gasteiger charge is 2.13. The maximum atomic E-state index is 13.9. The minimum Gasteiger partial charge on any atom is -0.494 e. The number of ether oxygens (including phenoxy) is 1. The van der Waals surface area contributed by atoms with Gasteiger partial charge in [0.25, 0.3) is 5.69 Å². The number of benzene rings is 2. The van der Waals surface area contributed by atoms with E-state index in [1.165, 1.54) is 12.1 Å². The fraction of sp³-hybridized carbons (Fsp3) is 0.250. The van der Waals surface area contributed by atoms with Gasteiger partial charge in [-0.3, -0.25) is 10.1 Å². The van der Waals surface area contributed by atoms with E-state index in [0.29, 0.717) is 6.61 Å². The second kappa shape index (κ2) is 6.89. The summed E-state index contributed by atoms with van der Waals surface area (Å²) >= 11 is 0. The average Bonchev–Trinajstić information content (AvgIpc) is 2.49. The van der Waals surface area contributed by atoms with Gasteiger partial charge < -0.3 is 10.1 Å². The zero-order valence-corrected chi connectivity index (χ0v) is 12.4. The minimum atomic E-state index is -0.651. The highest BCUT2D eigenvalue weighted by atomic mass is 19.1. The van der Waals surface area contributed by atoms with Crippen LogP contribution in [-0.2, 0) is 0 Å². The molecule has 2 aromatic rings. The minimum absolute atomic E-state index is 0.170. The van der Waals surface area contributed by atoms with Crippen molar-refractivity contribution in [2.45, 2.75) is 19.9 Å². The number of hydrogen-bond acceptors (Lipinski definition) is 4. The first-order chi connectivity index (χ1) is 10.5. The molecule has 0 spiro atoms. The summed E-state index contributed by atoms with van der Waals surface area (Å²) < 4.78 is 19.3. The molecule has 1 atom stereocenters. The normalized spacial score (nSPS) is 11.8. The zero-order chi connectivity index (χ0) is 16.1. The van der Waals surface area contributed by atoms with Crippen LogP contribution in [-0.4, -0.2) is 11.5 Å². The molecule has 5 nitrogen and oxygen atoms in total. The van der Waals surface area contributed by atoms with E-state index in [1.807, 2.05) is 38.1 Å². The Morgan fingerprint density at radius 1 is 1.32 bits per heavy atom. The fourth-order valence-corrected chi connectivity index (χ4v) is 2.09. The van der Waals surface area contributed by atoms with Crippen LogP contribution < -0.4 is 10.1 Å². The summed E-state index contributed by atoms with van der Waals surface area (Å²) in [6, 6.07) is 10.9. The molecule has 116 valence electrons. The molecule has 0 heterocycles. The standard InChI is InChI=1S/C16H17FN2O3/c1-3-22-14-6-4-5-12(9-14)11(2)18-16-8-7-13(19(20)21)10-15(16)17/h4-11,18H,3H2,1-2H3. The molecule has 0 aliphatic rings. The third-order valence-electron chi connectivity index (χ3n) is 3.20. The Balaban J connectivity index is 2.16. The summed E-state index contributed by atoms with van der Waals surface area (Å²) in [7, 11) is 0. The quantitative estimate of drug-likeness (QED) is 0.638. The van der Waals surface area contributed by atoms with Crippen molar-refractivity contribution in [3.8, 4) is 5.75 Å². The molecule has 22 heavy (non-hydrogen) atoms. The van der Waals surface area contributed by atoms with Gasteiger partial charge in [0.15, 0.2) is 5.82 Å². The number of nitrogens with one attached hydrogen (secondary N) is 1. The van der Waals surface area contributed by atoms with E-state index in [2.05, 4.69) is 5.32 Å². The van der Waals surface area contributed by atoms with Gasteiger partial charge in [-0.05, 0) is 37.6 Å². The van der Waals surface area contributed by atoms with Gasteiger partial charge in [-0.15, -0.1) is 0 Å². The number of non-ortho nitro benzene ring substituents is 1. The van der Waals surface area contributed by atoms with Crippen molar-refractivity contribution in [2.24, 2.45) is 0 Å². The van der Waals surface area contributed by atoms with Crippen molar-refractivity contribution in [3.63, 3.8) is 0 Å². The smallest absolute Gasteiger partial charge is 0.272 e. The molecule has 0 aliphatic carbocycles. The third kappa shape index (κ3) is 3.72. The van der Waals surface area contributed by atoms with E-state index >= 15 is 0 Å². The first-order valence-electron chi connectivity index (χ1n) is 6.94. The monoisotopic (exact) mass is 304 g/mol.